The van der Waals surface area contributed by atoms with Crippen LogP contribution in [0.25, 0.3) is 0 Å². The molecule has 3 nitrogen and oxygen atoms in total. The Kier molecular flexibility index (Phi) is 3.35. The van der Waals surface area contributed by atoms with Gasteiger partial charge in [0.2, 0.25) is 0 Å². The second-order valence-corrected chi connectivity index (χ2v) is 6.89. The average molecular weight is 251 g/mol. The SMILES string of the molecule is C[N+]1([C@H]2CC[C@H]3CCC[C@H]2C3=NO)CCCCC1. The molecule has 3 aliphatic rings. The molecule has 1 aliphatic heterocycles. The molecule has 1 N–H and O–H groups in total. The number of rotatable bonds is 1. The highest BCUT2D eigenvalue weighted by Crippen LogP contribution is 2.42. The topological polar surface area (TPSA) is 32.6 Å². The first kappa shape index (κ1) is 12.5. The molecule has 0 radical (unpaired) electrons. The van der Waals surface area contributed by atoms with Crippen LogP contribution in [0.4, 0.5) is 0 Å². The van der Waals surface area contributed by atoms with Crippen molar-refractivity contribution in [3.63, 3.8) is 0 Å². The monoisotopic (exact) mass is 251 g/mol. The lowest BCUT2D eigenvalue weighted by atomic mass is 9.67. The molecular weight excluding hydrogens is 224 g/mol. The molecule has 3 atom stereocenters. The molecule has 3 rings (SSSR count). The van der Waals surface area contributed by atoms with E-state index in [1.54, 1.807) is 0 Å². The number of quaternary nitrogens is 1. The molecule has 1 saturated heterocycles. The summed E-state index contributed by atoms with van der Waals surface area (Å²) in [5.74, 6) is 1.17. The maximum absolute atomic E-state index is 9.38. The van der Waals surface area contributed by atoms with Gasteiger partial charge in [0.15, 0.2) is 0 Å². The minimum atomic E-state index is 0.575. The summed E-state index contributed by atoms with van der Waals surface area (Å²) in [5.41, 5.74) is 1.16. The van der Waals surface area contributed by atoms with E-state index in [9.17, 15) is 5.21 Å². The highest BCUT2D eigenvalue weighted by molar-refractivity contribution is 5.90. The molecular formula is C15H27N2O+. The summed E-state index contributed by atoms with van der Waals surface area (Å²) in [6.07, 6.45) is 10.6. The maximum Gasteiger partial charge on any atom is 0.0971 e. The highest BCUT2D eigenvalue weighted by Gasteiger charge is 2.48. The van der Waals surface area contributed by atoms with Gasteiger partial charge in [-0.15, -0.1) is 0 Å². The van der Waals surface area contributed by atoms with Gasteiger partial charge in [-0.1, -0.05) is 11.6 Å². The predicted molar refractivity (Wildman–Crippen MR) is 72.8 cm³/mol. The lowest BCUT2D eigenvalue weighted by Crippen LogP contribution is -2.61. The Morgan fingerprint density at radius 3 is 2.50 bits per heavy atom. The van der Waals surface area contributed by atoms with E-state index in [0.717, 1.165) is 11.8 Å². The number of fused-ring (bicyclic) bond motifs is 2. The van der Waals surface area contributed by atoms with Gasteiger partial charge in [0.25, 0.3) is 0 Å². The fraction of sp³-hybridized carbons (Fsp3) is 0.933. The molecule has 2 bridgehead atoms. The largest absolute Gasteiger partial charge is 0.411 e. The minimum Gasteiger partial charge on any atom is -0.411 e. The van der Waals surface area contributed by atoms with E-state index in [0.29, 0.717) is 11.8 Å². The van der Waals surface area contributed by atoms with Crippen LogP contribution in [-0.4, -0.2) is 41.6 Å². The maximum atomic E-state index is 9.38. The van der Waals surface area contributed by atoms with Gasteiger partial charge in [-0.2, -0.15) is 0 Å². The molecule has 0 amide bonds. The number of hydrogen-bond acceptors (Lipinski definition) is 2. The zero-order valence-electron chi connectivity index (χ0n) is 11.6. The van der Waals surface area contributed by atoms with Crippen LogP contribution in [0.5, 0.6) is 0 Å². The smallest absolute Gasteiger partial charge is 0.0971 e. The van der Waals surface area contributed by atoms with Crippen molar-refractivity contribution in [3.8, 4) is 0 Å². The third kappa shape index (κ3) is 1.97. The molecule has 1 heterocycles. The van der Waals surface area contributed by atoms with Crippen molar-refractivity contribution in [2.24, 2.45) is 17.0 Å². The van der Waals surface area contributed by atoms with E-state index >= 15 is 0 Å². The van der Waals surface area contributed by atoms with Gasteiger partial charge >= 0.3 is 0 Å². The zero-order chi connectivity index (χ0) is 12.6. The lowest BCUT2D eigenvalue weighted by Gasteiger charge is -2.51. The quantitative estimate of drug-likeness (QED) is 0.434. The van der Waals surface area contributed by atoms with Crippen molar-refractivity contribution < 1.29 is 9.69 Å². The number of hydrogen-bond donors (Lipinski definition) is 1. The fourth-order valence-corrected chi connectivity index (χ4v) is 4.91. The molecule has 3 heteroatoms. The van der Waals surface area contributed by atoms with Crippen molar-refractivity contribution in [3.05, 3.63) is 0 Å². The summed E-state index contributed by atoms with van der Waals surface area (Å²) < 4.78 is 1.25. The molecule has 0 aromatic carbocycles. The molecule has 0 aromatic heterocycles. The normalized spacial score (nSPS) is 41.8. The third-order valence-corrected chi connectivity index (χ3v) is 5.90. The van der Waals surface area contributed by atoms with Gasteiger partial charge in [0.05, 0.1) is 37.8 Å². The Bertz CT molecular complexity index is 333. The van der Waals surface area contributed by atoms with Crippen LogP contribution in [0.3, 0.4) is 0 Å². The summed E-state index contributed by atoms with van der Waals surface area (Å²) in [7, 11) is 2.45. The van der Waals surface area contributed by atoms with Gasteiger partial charge in [-0.05, 0) is 38.5 Å². The molecule has 18 heavy (non-hydrogen) atoms. The van der Waals surface area contributed by atoms with Crippen molar-refractivity contribution in [1.82, 2.24) is 0 Å². The first-order valence-corrected chi connectivity index (χ1v) is 7.81. The number of piperidine rings is 1. The van der Waals surface area contributed by atoms with E-state index in [2.05, 4.69) is 12.2 Å². The van der Waals surface area contributed by atoms with Gasteiger partial charge in [0, 0.05) is 12.3 Å². The molecule has 2 saturated carbocycles. The van der Waals surface area contributed by atoms with E-state index in [1.807, 2.05) is 0 Å². The first-order valence-electron chi connectivity index (χ1n) is 7.81. The van der Waals surface area contributed by atoms with Crippen molar-refractivity contribution in [1.29, 1.82) is 0 Å². The number of likely N-dealkylation sites (tertiary alicyclic amines) is 1. The van der Waals surface area contributed by atoms with Gasteiger partial charge in [-0.3, -0.25) is 0 Å². The third-order valence-electron chi connectivity index (χ3n) is 5.90. The van der Waals surface area contributed by atoms with Crippen LogP contribution in [0.1, 0.15) is 51.4 Å². The van der Waals surface area contributed by atoms with Crippen molar-refractivity contribution in [2.75, 3.05) is 20.1 Å². The fourth-order valence-electron chi connectivity index (χ4n) is 4.91. The molecule has 0 aromatic rings. The van der Waals surface area contributed by atoms with Crippen molar-refractivity contribution >= 4 is 5.71 Å². The van der Waals surface area contributed by atoms with E-state index in [4.69, 9.17) is 0 Å². The number of oxime groups is 1. The van der Waals surface area contributed by atoms with E-state index in [1.165, 1.54) is 68.9 Å². The Labute approximate surface area is 110 Å². The standard InChI is InChI=1S/C15H26N2O/c1-17(10-3-2-4-11-17)14-9-8-12-6-5-7-13(14)15(12)16-18/h12-14H,2-11H2,1H3/p+1/t12-,13-,14+/m1/s1. The highest BCUT2D eigenvalue weighted by atomic mass is 16.4. The minimum absolute atomic E-state index is 0.575. The van der Waals surface area contributed by atoms with Gasteiger partial charge in [-0.25, -0.2) is 0 Å². The molecule has 0 unspecified atom stereocenters. The van der Waals surface area contributed by atoms with Gasteiger partial charge in [0.1, 0.15) is 0 Å². The van der Waals surface area contributed by atoms with E-state index < -0.39 is 0 Å². The second-order valence-electron chi connectivity index (χ2n) is 6.89. The Morgan fingerprint density at radius 2 is 1.78 bits per heavy atom. The van der Waals surface area contributed by atoms with Crippen LogP contribution in [0.2, 0.25) is 0 Å². The molecule has 3 fully saturated rings. The summed E-state index contributed by atoms with van der Waals surface area (Å²) >= 11 is 0. The Hall–Kier alpha value is -0.570. The summed E-state index contributed by atoms with van der Waals surface area (Å²) in [6.45, 7) is 2.68. The number of nitrogens with zero attached hydrogens (tertiary/aromatic N) is 2. The summed E-state index contributed by atoms with van der Waals surface area (Å²) in [5, 5.41) is 13.1. The van der Waals surface area contributed by atoms with Crippen LogP contribution in [0, 0.1) is 11.8 Å². The van der Waals surface area contributed by atoms with Crippen LogP contribution < -0.4 is 0 Å². The molecule has 0 spiro atoms. The summed E-state index contributed by atoms with van der Waals surface area (Å²) in [4.78, 5) is 0. The Balaban J connectivity index is 1.83. The van der Waals surface area contributed by atoms with Crippen molar-refractivity contribution in [2.45, 2.75) is 57.4 Å². The average Bonchev–Trinajstić information content (AvgIpc) is 2.38. The van der Waals surface area contributed by atoms with Gasteiger partial charge < -0.3 is 9.69 Å². The van der Waals surface area contributed by atoms with Crippen LogP contribution >= 0.6 is 0 Å². The first-order chi connectivity index (χ1) is 8.74. The Morgan fingerprint density at radius 1 is 1.00 bits per heavy atom. The lowest BCUT2D eigenvalue weighted by molar-refractivity contribution is -0.941. The second kappa shape index (κ2) is 4.84. The van der Waals surface area contributed by atoms with Crippen LogP contribution in [-0.2, 0) is 0 Å². The van der Waals surface area contributed by atoms with E-state index in [-0.39, 0.29) is 0 Å². The molecule has 2 aliphatic carbocycles. The predicted octanol–water partition coefficient (Wildman–Crippen LogP) is 3.03. The summed E-state index contributed by atoms with van der Waals surface area (Å²) in [6, 6.07) is 0.729. The van der Waals surface area contributed by atoms with Crippen LogP contribution in [0.15, 0.2) is 5.16 Å². The molecule has 102 valence electrons. The zero-order valence-corrected chi connectivity index (χ0v) is 11.6.